The minimum Gasteiger partial charge on any atom is -0.480 e. The van der Waals surface area contributed by atoms with Gasteiger partial charge in [0.15, 0.2) is 0 Å². The minimum atomic E-state index is -1.42. The van der Waals surface area contributed by atoms with Crippen LogP contribution in [0.4, 0.5) is 10.5 Å². The summed E-state index contributed by atoms with van der Waals surface area (Å²) in [6, 6.07) is 22.6. The van der Waals surface area contributed by atoms with Crippen molar-refractivity contribution >= 4 is 23.7 Å². The van der Waals surface area contributed by atoms with Crippen molar-refractivity contribution in [2.24, 2.45) is 0 Å². The van der Waals surface area contributed by atoms with E-state index in [-0.39, 0.29) is 23.8 Å². The molecule has 2 amide bonds. The number of para-hydroxylation sites is 1. The number of hydrogen-bond donors (Lipinski definition) is 2. The lowest BCUT2D eigenvalue weighted by molar-refractivity contribution is -0.147. The van der Waals surface area contributed by atoms with Gasteiger partial charge in [0.2, 0.25) is 0 Å². The number of nitrogens with zero attached hydrogens (tertiary/aromatic N) is 1. The van der Waals surface area contributed by atoms with Crippen LogP contribution in [0.5, 0.6) is 0 Å². The molecule has 7 heteroatoms. The maximum atomic E-state index is 13.0. The highest BCUT2D eigenvalue weighted by Gasteiger charge is 2.36. The van der Waals surface area contributed by atoms with Gasteiger partial charge in [0, 0.05) is 13.0 Å². The number of fused-ring (bicyclic) bond motifs is 3. The van der Waals surface area contributed by atoms with Crippen molar-refractivity contribution in [2.45, 2.75) is 25.3 Å². The average Bonchev–Trinajstić information content (AvgIpc) is 3.16. The van der Waals surface area contributed by atoms with Crippen molar-refractivity contribution in [1.29, 1.82) is 0 Å². The number of carbonyl (C=O) groups is 3. The molecule has 0 unspecified atom stereocenters. The Kier molecular flexibility index (Phi) is 6.11. The number of benzene rings is 3. The van der Waals surface area contributed by atoms with Crippen LogP contribution in [0.15, 0.2) is 72.8 Å². The second-order valence-electron chi connectivity index (χ2n) is 8.72. The molecule has 2 N–H and O–H groups in total. The van der Waals surface area contributed by atoms with E-state index < -0.39 is 23.5 Å². The molecule has 0 spiro atoms. The summed E-state index contributed by atoms with van der Waals surface area (Å²) in [5.41, 5.74) is 3.47. The van der Waals surface area contributed by atoms with Gasteiger partial charge in [-0.2, -0.15) is 0 Å². The minimum absolute atomic E-state index is 0.0856. The van der Waals surface area contributed by atoms with Gasteiger partial charge in [0.1, 0.15) is 12.1 Å². The molecular weight excluding hydrogens is 432 g/mol. The number of ether oxygens (including phenoxy) is 1. The molecule has 0 saturated carbocycles. The molecule has 7 nitrogen and oxygen atoms in total. The lowest BCUT2D eigenvalue weighted by Gasteiger charge is -2.32. The second kappa shape index (κ2) is 9.02. The fourth-order valence-corrected chi connectivity index (χ4v) is 4.10. The molecule has 0 aliphatic heterocycles. The van der Waals surface area contributed by atoms with Crippen molar-refractivity contribution in [1.82, 2.24) is 4.90 Å². The third-order valence-corrected chi connectivity index (χ3v) is 6.40. The standard InChI is InChI=1S/C27H26N2O5/c1-27(2,25(31)32)29(3)24(30)21-14-8-9-15-23(21)28-26(33)34-16-22-19-12-6-4-10-17(19)18-11-5-7-13-20(18)22/h4-15,22H,16H2,1-3H3,(H,28,33)(H,31,32). The number of anilines is 1. The van der Waals surface area contributed by atoms with Crippen molar-refractivity contribution in [3.63, 3.8) is 0 Å². The normalized spacial score (nSPS) is 12.4. The molecule has 3 aromatic carbocycles. The van der Waals surface area contributed by atoms with Gasteiger partial charge in [-0.1, -0.05) is 60.7 Å². The van der Waals surface area contributed by atoms with Crippen LogP contribution in [-0.2, 0) is 9.53 Å². The SMILES string of the molecule is CN(C(=O)c1ccccc1NC(=O)OCC1c2ccccc2-c2ccccc21)C(C)(C)C(=O)O. The van der Waals surface area contributed by atoms with Gasteiger partial charge in [0.05, 0.1) is 11.3 Å². The van der Waals surface area contributed by atoms with Crippen molar-refractivity contribution in [3.8, 4) is 11.1 Å². The molecule has 0 radical (unpaired) electrons. The molecule has 4 rings (SSSR count). The predicted molar refractivity (Wildman–Crippen MR) is 129 cm³/mol. The molecule has 0 fully saturated rings. The summed E-state index contributed by atoms with van der Waals surface area (Å²) in [7, 11) is 1.42. The highest BCUT2D eigenvalue weighted by molar-refractivity contribution is 6.04. The van der Waals surface area contributed by atoms with E-state index in [1.165, 1.54) is 27.0 Å². The Morgan fingerprint density at radius 3 is 2.03 bits per heavy atom. The summed E-state index contributed by atoms with van der Waals surface area (Å²) in [6.45, 7) is 3.02. The van der Waals surface area contributed by atoms with Gasteiger partial charge in [-0.3, -0.25) is 10.1 Å². The average molecular weight is 459 g/mol. The van der Waals surface area contributed by atoms with E-state index >= 15 is 0 Å². The third-order valence-electron chi connectivity index (χ3n) is 6.40. The number of likely N-dealkylation sites (N-methyl/N-ethyl adjacent to an activating group) is 1. The van der Waals surface area contributed by atoms with E-state index in [0.717, 1.165) is 27.2 Å². The van der Waals surface area contributed by atoms with Crippen molar-refractivity contribution in [2.75, 3.05) is 19.0 Å². The Balaban J connectivity index is 1.49. The largest absolute Gasteiger partial charge is 0.480 e. The highest BCUT2D eigenvalue weighted by Crippen LogP contribution is 2.44. The Hall–Kier alpha value is -4.13. The van der Waals surface area contributed by atoms with Crippen LogP contribution in [-0.4, -0.2) is 47.2 Å². The summed E-state index contributed by atoms with van der Waals surface area (Å²) in [4.78, 5) is 38.4. The first-order chi connectivity index (χ1) is 16.2. The van der Waals surface area contributed by atoms with E-state index in [1.54, 1.807) is 18.2 Å². The molecule has 174 valence electrons. The Morgan fingerprint density at radius 1 is 0.912 bits per heavy atom. The smallest absolute Gasteiger partial charge is 0.411 e. The summed E-state index contributed by atoms with van der Waals surface area (Å²) in [5, 5.41) is 12.1. The van der Waals surface area contributed by atoms with Gasteiger partial charge in [-0.15, -0.1) is 0 Å². The molecule has 3 aromatic rings. The summed E-state index contributed by atoms with van der Waals surface area (Å²) in [5.74, 6) is -1.75. The van der Waals surface area contributed by atoms with Gasteiger partial charge < -0.3 is 14.7 Å². The number of hydrogen-bond acceptors (Lipinski definition) is 4. The van der Waals surface area contributed by atoms with Crippen molar-refractivity contribution in [3.05, 3.63) is 89.5 Å². The number of rotatable bonds is 6. The predicted octanol–water partition coefficient (Wildman–Crippen LogP) is 4.98. The Morgan fingerprint density at radius 2 is 1.44 bits per heavy atom. The first kappa shape index (κ1) is 23.0. The number of carbonyl (C=O) groups excluding carboxylic acids is 2. The fourth-order valence-electron chi connectivity index (χ4n) is 4.10. The Labute approximate surface area is 198 Å². The maximum absolute atomic E-state index is 13.0. The van der Waals surface area contributed by atoms with E-state index in [0.29, 0.717) is 0 Å². The fraction of sp³-hybridized carbons (Fsp3) is 0.222. The van der Waals surface area contributed by atoms with Crippen LogP contribution in [0.3, 0.4) is 0 Å². The van der Waals surface area contributed by atoms with E-state index in [9.17, 15) is 19.5 Å². The number of carboxylic acids is 1. The van der Waals surface area contributed by atoms with Crippen LogP contribution in [0.25, 0.3) is 11.1 Å². The topological polar surface area (TPSA) is 95.9 Å². The molecule has 34 heavy (non-hydrogen) atoms. The summed E-state index contributed by atoms with van der Waals surface area (Å²) < 4.78 is 5.58. The molecule has 0 atom stereocenters. The molecule has 1 aliphatic carbocycles. The summed E-state index contributed by atoms with van der Waals surface area (Å²) in [6.07, 6.45) is -0.692. The number of carboxylic acid groups (broad SMARTS) is 1. The molecule has 0 saturated heterocycles. The third kappa shape index (κ3) is 4.12. The lowest BCUT2D eigenvalue weighted by atomic mass is 9.98. The van der Waals surface area contributed by atoms with E-state index in [2.05, 4.69) is 17.4 Å². The molecule has 0 bridgehead atoms. The molecule has 1 aliphatic rings. The van der Waals surface area contributed by atoms with Crippen LogP contribution >= 0.6 is 0 Å². The summed E-state index contributed by atoms with van der Waals surface area (Å²) >= 11 is 0. The lowest BCUT2D eigenvalue weighted by Crippen LogP contribution is -2.50. The van der Waals surface area contributed by atoms with Gasteiger partial charge in [-0.25, -0.2) is 9.59 Å². The van der Waals surface area contributed by atoms with Gasteiger partial charge >= 0.3 is 12.1 Å². The van der Waals surface area contributed by atoms with Crippen LogP contribution in [0.2, 0.25) is 0 Å². The van der Waals surface area contributed by atoms with Gasteiger partial charge in [0.25, 0.3) is 5.91 Å². The second-order valence-corrected chi connectivity index (χ2v) is 8.72. The number of nitrogens with one attached hydrogen (secondary N) is 1. The molecule has 0 heterocycles. The zero-order chi connectivity index (χ0) is 24.5. The van der Waals surface area contributed by atoms with Crippen LogP contribution in [0.1, 0.15) is 41.3 Å². The first-order valence-corrected chi connectivity index (χ1v) is 10.9. The van der Waals surface area contributed by atoms with Crippen LogP contribution in [0, 0.1) is 0 Å². The van der Waals surface area contributed by atoms with E-state index in [1.807, 2.05) is 36.4 Å². The quantitative estimate of drug-likeness (QED) is 0.543. The number of aliphatic carboxylic acids is 1. The highest BCUT2D eigenvalue weighted by atomic mass is 16.5. The monoisotopic (exact) mass is 458 g/mol. The molecule has 0 aromatic heterocycles. The number of amides is 2. The zero-order valence-electron chi connectivity index (χ0n) is 19.2. The molecular formula is C27H26N2O5. The van der Waals surface area contributed by atoms with Crippen molar-refractivity contribution < 1.29 is 24.2 Å². The van der Waals surface area contributed by atoms with E-state index in [4.69, 9.17) is 4.74 Å². The Bertz CT molecular complexity index is 1220. The van der Waals surface area contributed by atoms with Crippen LogP contribution < -0.4 is 5.32 Å². The zero-order valence-corrected chi connectivity index (χ0v) is 19.2. The van der Waals surface area contributed by atoms with Gasteiger partial charge in [-0.05, 0) is 48.2 Å². The maximum Gasteiger partial charge on any atom is 0.411 e. The first-order valence-electron chi connectivity index (χ1n) is 10.9.